The van der Waals surface area contributed by atoms with Crippen LogP contribution in [0.15, 0.2) is 18.2 Å². The van der Waals surface area contributed by atoms with Crippen molar-refractivity contribution in [2.24, 2.45) is 5.92 Å². The molecule has 0 saturated heterocycles. The van der Waals surface area contributed by atoms with Gasteiger partial charge >= 0.3 is 0 Å². The number of halogens is 2. The summed E-state index contributed by atoms with van der Waals surface area (Å²) in [6.45, 7) is 4.46. The third-order valence-corrected chi connectivity index (χ3v) is 4.48. The zero-order chi connectivity index (χ0) is 13.8. The summed E-state index contributed by atoms with van der Waals surface area (Å²) in [4.78, 5) is 0. The van der Waals surface area contributed by atoms with Gasteiger partial charge in [-0.05, 0) is 49.8 Å². The molecule has 0 radical (unpaired) electrons. The molecular weight excluding hydrogens is 261 g/mol. The monoisotopic (exact) mass is 283 g/mol. The summed E-state index contributed by atoms with van der Waals surface area (Å²) in [6, 6.07) is 5.79. The lowest BCUT2D eigenvalue weighted by Gasteiger charge is -2.22. The van der Waals surface area contributed by atoms with E-state index in [4.69, 9.17) is 11.6 Å². The summed E-state index contributed by atoms with van der Waals surface area (Å²) in [5, 5.41) is 3.87. The van der Waals surface area contributed by atoms with E-state index < -0.39 is 0 Å². The van der Waals surface area contributed by atoms with Gasteiger partial charge in [0.25, 0.3) is 0 Å². The van der Waals surface area contributed by atoms with Crippen LogP contribution < -0.4 is 5.32 Å². The van der Waals surface area contributed by atoms with Crippen LogP contribution in [0, 0.1) is 11.7 Å². The van der Waals surface area contributed by atoms with Crippen molar-refractivity contribution < 1.29 is 4.39 Å². The lowest BCUT2D eigenvalue weighted by molar-refractivity contribution is 0.408. The quantitative estimate of drug-likeness (QED) is 0.761. The van der Waals surface area contributed by atoms with Crippen LogP contribution in [0.2, 0.25) is 5.02 Å². The van der Waals surface area contributed by atoms with Crippen LogP contribution in [0.5, 0.6) is 0 Å². The van der Waals surface area contributed by atoms with Crippen molar-refractivity contribution in [2.45, 2.75) is 58.0 Å². The molecule has 19 heavy (non-hydrogen) atoms. The molecule has 0 amide bonds. The Bertz CT molecular complexity index is 421. The Morgan fingerprint density at radius 2 is 2.05 bits per heavy atom. The number of hydrogen-bond donors (Lipinski definition) is 1. The first-order valence-corrected chi connectivity index (χ1v) is 7.65. The van der Waals surface area contributed by atoms with E-state index in [9.17, 15) is 4.39 Å². The van der Waals surface area contributed by atoms with Crippen molar-refractivity contribution in [1.82, 2.24) is 5.32 Å². The SMILES string of the molecule is CC1CCCC(NC(C)c2ccc(F)c(Cl)c2)CC1. The Labute approximate surface area is 120 Å². The second-order valence-corrected chi connectivity index (χ2v) is 6.28. The van der Waals surface area contributed by atoms with Gasteiger partial charge in [0.2, 0.25) is 0 Å². The summed E-state index contributed by atoms with van der Waals surface area (Å²) in [6.07, 6.45) is 6.42. The van der Waals surface area contributed by atoms with Gasteiger partial charge in [0, 0.05) is 12.1 Å². The summed E-state index contributed by atoms with van der Waals surface area (Å²) in [5.41, 5.74) is 1.06. The maximum absolute atomic E-state index is 13.2. The van der Waals surface area contributed by atoms with Crippen molar-refractivity contribution in [2.75, 3.05) is 0 Å². The molecule has 0 aliphatic heterocycles. The molecule has 2 rings (SSSR count). The van der Waals surface area contributed by atoms with Crippen LogP contribution >= 0.6 is 11.6 Å². The second kappa shape index (κ2) is 6.71. The molecule has 3 heteroatoms. The first kappa shape index (κ1) is 14.8. The number of benzene rings is 1. The maximum atomic E-state index is 13.2. The minimum atomic E-state index is -0.346. The smallest absolute Gasteiger partial charge is 0.141 e. The van der Waals surface area contributed by atoms with Crippen molar-refractivity contribution in [3.63, 3.8) is 0 Å². The highest BCUT2D eigenvalue weighted by Gasteiger charge is 2.18. The Hall–Kier alpha value is -0.600. The third kappa shape index (κ3) is 4.19. The van der Waals surface area contributed by atoms with Gasteiger partial charge in [0.05, 0.1) is 5.02 Å². The van der Waals surface area contributed by atoms with E-state index in [1.165, 1.54) is 38.2 Å². The molecule has 0 heterocycles. The zero-order valence-corrected chi connectivity index (χ0v) is 12.5. The molecule has 0 spiro atoms. The predicted octanol–water partition coefficient (Wildman–Crippen LogP) is 5.10. The van der Waals surface area contributed by atoms with E-state index in [-0.39, 0.29) is 16.9 Å². The van der Waals surface area contributed by atoms with E-state index >= 15 is 0 Å². The number of nitrogens with one attached hydrogen (secondary N) is 1. The van der Waals surface area contributed by atoms with Crippen molar-refractivity contribution >= 4 is 11.6 Å². The highest BCUT2D eigenvalue weighted by Crippen LogP contribution is 2.26. The van der Waals surface area contributed by atoms with E-state index in [0.717, 1.165) is 11.5 Å². The minimum absolute atomic E-state index is 0.209. The first-order chi connectivity index (χ1) is 9.06. The topological polar surface area (TPSA) is 12.0 Å². The normalized spacial score (nSPS) is 25.9. The fraction of sp³-hybridized carbons (Fsp3) is 0.625. The highest BCUT2D eigenvalue weighted by molar-refractivity contribution is 6.30. The summed E-state index contributed by atoms with van der Waals surface area (Å²) in [5.74, 6) is 0.503. The van der Waals surface area contributed by atoms with E-state index in [0.29, 0.717) is 6.04 Å². The minimum Gasteiger partial charge on any atom is -0.307 e. The fourth-order valence-corrected chi connectivity index (χ4v) is 3.07. The molecule has 0 bridgehead atoms. The summed E-state index contributed by atoms with van der Waals surface area (Å²) < 4.78 is 13.2. The van der Waals surface area contributed by atoms with E-state index in [1.54, 1.807) is 6.07 Å². The van der Waals surface area contributed by atoms with Gasteiger partial charge in [-0.2, -0.15) is 0 Å². The lowest BCUT2D eigenvalue weighted by Crippen LogP contribution is -2.31. The van der Waals surface area contributed by atoms with Crippen LogP contribution in [-0.2, 0) is 0 Å². The molecule has 1 aromatic rings. The largest absolute Gasteiger partial charge is 0.307 e. The Balaban J connectivity index is 1.96. The van der Waals surface area contributed by atoms with Crippen LogP contribution in [0.3, 0.4) is 0 Å². The molecule has 3 unspecified atom stereocenters. The molecule has 106 valence electrons. The lowest BCUT2D eigenvalue weighted by atomic mass is 10.0. The second-order valence-electron chi connectivity index (χ2n) is 5.87. The number of rotatable bonds is 3. The van der Waals surface area contributed by atoms with E-state index in [2.05, 4.69) is 19.2 Å². The van der Waals surface area contributed by atoms with Gasteiger partial charge < -0.3 is 5.32 Å². The van der Waals surface area contributed by atoms with Crippen molar-refractivity contribution in [3.8, 4) is 0 Å². The van der Waals surface area contributed by atoms with Gasteiger partial charge in [0.1, 0.15) is 5.82 Å². The fourth-order valence-electron chi connectivity index (χ4n) is 2.89. The van der Waals surface area contributed by atoms with Crippen molar-refractivity contribution in [3.05, 3.63) is 34.6 Å². The molecule has 1 aliphatic rings. The Morgan fingerprint density at radius 3 is 2.79 bits per heavy atom. The Kier molecular flexibility index (Phi) is 5.23. The first-order valence-electron chi connectivity index (χ1n) is 7.27. The number of hydrogen-bond acceptors (Lipinski definition) is 1. The predicted molar refractivity (Wildman–Crippen MR) is 79.0 cm³/mol. The molecule has 1 saturated carbocycles. The maximum Gasteiger partial charge on any atom is 0.141 e. The standard InChI is InChI=1S/C16H23ClFN/c1-11-4-3-5-14(8-6-11)19-12(2)13-7-9-16(18)15(17)10-13/h7,9-12,14,19H,3-6,8H2,1-2H3. The zero-order valence-electron chi connectivity index (χ0n) is 11.8. The van der Waals surface area contributed by atoms with Crippen LogP contribution in [0.1, 0.15) is 57.6 Å². The highest BCUT2D eigenvalue weighted by atomic mass is 35.5. The molecule has 3 atom stereocenters. The molecule has 1 nitrogen and oxygen atoms in total. The van der Waals surface area contributed by atoms with Gasteiger partial charge in [-0.25, -0.2) is 4.39 Å². The van der Waals surface area contributed by atoms with Gasteiger partial charge in [0.15, 0.2) is 0 Å². The molecule has 1 aliphatic carbocycles. The molecule has 1 aromatic carbocycles. The molecule has 1 N–H and O–H groups in total. The van der Waals surface area contributed by atoms with Crippen LogP contribution in [0.25, 0.3) is 0 Å². The summed E-state index contributed by atoms with van der Waals surface area (Å²) in [7, 11) is 0. The third-order valence-electron chi connectivity index (χ3n) is 4.19. The van der Waals surface area contributed by atoms with Crippen LogP contribution in [-0.4, -0.2) is 6.04 Å². The van der Waals surface area contributed by atoms with Gasteiger partial charge in [-0.15, -0.1) is 0 Å². The average Bonchev–Trinajstić information content (AvgIpc) is 2.58. The summed E-state index contributed by atoms with van der Waals surface area (Å²) >= 11 is 5.84. The Morgan fingerprint density at radius 1 is 1.26 bits per heavy atom. The van der Waals surface area contributed by atoms with Crippen molar-refractivity contribution in [1.29, 1.82) is 0 Å². The molecule has 1 fully saturated rings. The van der Waals surface area contributed by atoms with Crippen LogP contribution in [0.4, 0.5) is 4.39 Å². The van der Waals surface area contributed by atoms with Gasteiger partial charge in [-0.1, -0.05) is 37.4 Å². The molecule has 0 aromatic heterocycles. The molecular formula is C16H23ClFN. The van der Waals surface area contributed by atoms with E-state index in [1.807, 2.05) is 6.07 Å². The average molecular weight is 284 g/mol. The van der Waals surface area contributed by atoms with Gasteiger partial charge in [-0.3, -0.25) is 0 Å².